The van der Waals surface area contributed by atoms with Gasteiger partial charge in [0.25, 0.3) is 0 Å². The third-order valence-electron chi connectivity index (χ3n) is 8.72. The molecule has 4 atom stereocenters. The molecule has 0 saturated carbocycles. The van der Waals surface area contributed by atoms with E-state index in [0.717, 1.165) is 83.8 Å². The van der Waals surface area contributed by atoms with Gasteiger partial charge in [-0.25, -0.2) is 0 Å². The average molecular weight is 879 g/mol. The summed E-state index contributed by atoms with van der Waals surface area (Å²) < 4.78 is 56.1. The minimum Gasteiger partial charge on any atom is -0.455 e. The van der Waals surface area contributed by atoms with Crippen LogP contribution in [-0.2, 0) is 46.1 Å². The van der Waals surface area contributed by atoms with Gasteiger partial charge in [0.2, 0.25) is 0 Å². The molecule has 0 aromatic rings. The fourth-order valence-electron chi connectivity index (χ4n) is 5.82. The van der Waals surface area contributed by atoms with Crippen LogP contribution in [0.25, 0.3) is 0 Å². The zero-order valence-corrected chi connectivity index (χ0v) is 41.2. The first-order chi connectivity index (χ1) is 26.4. The van der Waals surface area contributed by atoms with Crippen LogP contribution in [-0.4, -0.2) is 184 Å². The molecule has 56 heavy (non-hydrogen) atoms. The highest BCUT2D eigenvalue weighted by Crippen LogP contribution is 2.25. The third-order valence-corrected chi connectivity index (χ3v) is 23.8. The number of methoxy groups -OCH3 is 1. The first kappa shape index (κ1) is 56.3. The normalized spacial score (nSPS) is 18.1. The summed E-state index contributed by atoms with van der Waals surface area (Å²) in [5, 5.41) is 34.6. The van der Waals surface area contributed by atoms with Gasteiger partial charge < -0.3 is 66.6 Å². The quantitative estimate of drug-likeness (QED) is 0.0379. The summed E-state index contributed by atoms with van der Waals surface area (Å²) in [6.45, 7) is 28.4. The van der Waals surface area contributed by atoms with Crippen molar-refractivity contribution in [2.45, 2.75) is 140 Å². The molecule has 4 unspecified atom stereocenters. The molecule has 0 aromatic carbocycles. The maximum atomic E-state index is 9.80. The van der Waals surface area contributed by atoms with Gasteiger partial charge in [-0.1, -0.05) is 6.92 Å². The average Bonchev–Trinajstić information content (AvgIpc) is 4.06. The molecule has 0 aromatic heterocycles. The fraction of sp³-hybridized carbons (Fsp3) is 1.00. The van der Waals surface area contributed by atoms with Crippen LogP contribution in [0.15, 0.2) is 0 Å². The lowest BCUT2D eigenvalue weighted by atomic mass is 10.3. The second-order valence-corrected chi connectivity index (χ2v) is 34.8. The second-order valence-electron chi connectivity index (χ2n) is 17.1. The van der Waals surface area contributed by atoms with Gasteiger partial charge in [0, 0.05) is 33.5 Å². The maximum absolute atomic E-state index is 9.80. The monoisotopic (exact) mass is 879 g/mol. The molecule has 2 aliphatic rings. The lowest BCUT2D eigenvalue weighted by Gasteiger charge is -2.34. The molecule has 14 nitrogen and oxygen atoms in total. The molecule has 0 radical (unpaired) electrons. The number of hydrogen-bond donors (Lipinski definition) is 4. The zero-order valence-electron chi connectivity index (χ0n) is 37.2. The number of aliphatic hydroxyl groups is 4. The summed E-state index contributed by atoms with van der Waals surface area (Å²) in [5.74, 6) is 0. The van der Waals surface area contributed by atoms with E-state index in [2.05, 4.69) is 52.4 Å². The molecular formula is C38H86O14Si4. The van der Waals surface area contributed by atoms with Crippen LogP contribution in [0, 0.1) is 0 Å². The van der Waals surface area contributed by atoms with Gasteiger partial charge >= 0.3 is 0 Å². The topological polar surface area (TPSA) is 180 Å². The van der Waals surface area contributed by atoms with Gasteiger partial charge in [-0.2, -0.15) is 0 Å². The molecule has 0 bridgehead atoms. The van der Waals surface area contributed by atoms with Gasteiger partial charge in [-0.3, -0.25) is 0 Å². The smallest absolute Gasteiger partial charge is 0.173 e. The maximum Gasteiger partial charge on any atom is 0.173 e. The molecule has 18 heteroatoms. The molecule has 0 amide bonds. The van der Waals surface area contributed by atoms with Crippen molar-refractivity contribution in [3.05, 3.63) is 0 Å². The van der Waals surface area contributed by atoms with Crippen LogP contribution in [0.3, 0.4) is 0 Å². The van der Waals surface area contributed by atoms with E-state index in [1.54, 1.807) is 7.11 Å². The summed E-state index contributed by atoms with van der Waals surface area (Å²) in [5.41, 5.74) is 0. The molecular weight excluding hydrogens is 793 g/mol. The number of epoxide rings is 2. The third kappa shape index (κ3) is 38.5. The van der Waals surface area contributed by atoms with Gasteiger partial charge in [0.15, 0.2) is 33.3 Å². The van der Waals surface area contributed by atoms with Crippen LogP contribution < -0.4 is 0 Å². The standard InChI is InChI=1S/C20H46O7Si2.C16H34O5Si2.C2H6O2/c1-7-19(21)16-24-10-8-14-28(3,4)27-29(5,6)15-9-11-25-17-20(22)18-26-13-12-23-2;1-22(2,9-5-7-17-11-15-13-19-15)21-23(3,4)10-6-8-18-12-16-14-20-16;3-1-2-4/h19-22H,7-18H2,1-6H3;15-16H,5-14H2,1-4H3;3-4H,1-2H2. The lowest BCUT2D eigenvalue weighted by molar-refractivity contribution is -0.0281. The van der Waals surface area contributed by atoms with Crippen LogP contribution in [0.1, 0.15) is 39.0 Å². The number of hydrogen-bond acceptors (Lipinski definition) is 14. The highest BCUT2D eigenvalue weighted by atomic mass is 28.4. The highest BCUT2D eigenvalue weighted by Gasteiger charge is 2.33. The van der Waals surface area contributed by atoms with Crippen molar-refractivity contribution >= 4 is 33.3 Å². The van der Waals surface area contributed by atoms with Crippen LogP contribution in [0.4, 0.5) is 0 Å². The van der Waals surface area contributed by atoms with Crippen molar-refractivity contribution in [2.75, 3.05) is 106 Å². The Morgan fingerprint density at radius 3 is 1.14 bits per heavy atom. The molecule has 2 heterocycles. The summed E-state index contributed by atoms with van der Waals surface area (Å²) in [7, 11) is -5.01. The Balaban J connectivity index is 0.00000100. The Morgan fingerprint density at radius 1 is 0.518 bits per heavy atom. The van der Waals surface area contributed by atoms with Crippen molar-refractivity contribution < 1.29 is 66.6 Å². The second kappa shape index (κ2) is 33.0. The van der Waals surface area contributed by atoms with Gasteiger partial charge in [0.1, 0.15) is 18.3 Å². The predicted molar refractivity (Wildman–Crippen MR) is 232 cm³/mol. The van der Waals surface area contributed by atoms with Crippen LogP contribution >= 0.6 is 0 Å². The number of aliphatic hydroxyl groups excluding tert-OH is 4. The summed E-state index contributed by atoms with van der Waals surface area (Å²) in [4.78, 5) is 0. The molecule has 4 N–H and O–H groups in total. The number of rotatable bonds is 35. The highest BCUT2D eigenvalue weighted by molar-refractivity contribution is 6.85. The van der Waals surface area contributed by atoms with Crippen molar-refractivity contribution in [1.82, 2.24) is 0 Å². The molecule has 0 aliphatic carbocycles. The van der Waals surface area contributed by atoms with E-state index in [9.17, 15) is 10.2 Å². The Bertz CT molecular complexity index is 865. The summed E-state index contributed by atoms with van der Waals surface area (Å²) in [6.07, 6.45) is 4.64. The van der Waals surface area contributed by atoms with Crippen LogP contribution in [0.2, 0.25) is 76.6 Å². The minimum atomic E-state index is -1.74. The van der Waals surface area contributed by atoms with Gasteiger partial charge in [0.05, 0.1) is 78.8 Å². The van der Waals surface area contributed by atoms with Crippen molar-refractivity contribution in [3.63, 3.8) is 0 Å². The van der Waals surface area contributed by atoms with Gasteiger partial charge in [-0.15, -0.1) is 0 Å². The van der Waals surface area contributed by atoms with E-state index in [0.29, 0.717) is 51.8 Å². The molecule has 338 valence electrons. The molecule has 0 spiro atoms. The SMILES string of the molecule is CCC(O)COCCC[Si](C)(C)O[Si](C)(C)CCCOCC(O)COCCOC.C[Si](C)(CCCOCC1CO1)O[Si](C)(C)CCCOCC1CO1.OCCO. The Labute approximate surface area is 345 Å². The van der Waals surface area contributed by atoms with Crippen molar-refractivity contribution in [1.29, 1.82) is 0 Å². The summed E-state index contributed by atoms with van der Waals surface area (Å²) in [6, 6.07) is 4.45. The Morgan fingerprint density at radius 2 is 0.839 bits per heavy atom. The van der Waals surface area contributed by atoms with E-state index >= 15 is 0 Å². The first-order valence-corrected chi connectivity index (χ1v) is 33.4. The van der Waals surface area contributed by atoms with E-state index < -0.39 is 39.4 Å². The van der Waals surface area contributed by atoms with Crippen molar-refractivity contribution in [2.24, 2.45) is 0 Å². The van der Waals surface area contributed by atoms with E-state index in [-0.39, 0.29) is 25.9 Å². The zero-order chi connectivity index (χ0) is 42.4. The molecule has 2 rings (SSSR count). The Kier molecular flexibility index (Phi) is 33.2. The lowest BCUT2D eigenvalue weighted by Crippen LogP contribution is -2.44. The van der Waals surface area contributed by atoms with Crippen molar-refractivity contribution in [3.8, 4) is 0 Å². The number of ether oxygens (including phenoxy) is 8. The van der Waals surface area contributed by atoms with Gasteiger partial charge in [-0.05, 0) is 109 Å². The molecule has 2 saturated heterocycles. The first-order valence-electron chi connectivity index (χ1n) is 21.0. The molecule has 2 fully saturated rings. The van der Waals surface area contributed by atoms with Crippen LogP contribution in [0.5, 0.6) is 0 Å². The Hall–Kier alpha value is 0.308. The largest absolute Gasteiger partial charge is 0.455 e. The predicted octanol–water partition coefficient (Wildman–Crippen LogP) is 5.02. The van der Waals surface area contributed by atoms with E-state index in [1.165, 1.54) is 12.1 Å². The van der Waals surface area contributed by atoms with E-state index in [4.69, 9.17) is 56.3 Å². The minimum absolute atomic E-state index is 0.125. The fourth-order valence-corrected chi connectivity index (χ4v) is 23.4. The summed E-state index contributed by atoms with van der Waals surface area (Å²) >= 11 is 0. The molecule has 2 aliphatic heterocycles. The van der Waals surface area contributed by atoms with E-state index in [1.807, 2.05) is 6.92 Å².